The second-order valence-corrected chi connectivity index (χ2v) is 7.86. The van der Waals surface area contributed by atoms with Gasteiger partial charge in [0.05, 0.1) is 31.1 Å². The number of benzene rings is 1. The number of methoxy groups -OCH3 is 2. The topological polar surface area (TPSA) is 78.3 Å². The number of hydrogen-bond acceptors (Lipinski definition) is 5. The third-order valence-corrected chi connectivity index (χ3v) is 5.49. The summed E-state index contributed by atoms with van der Waals surface area (Å²) in [7, 11) is 3.07. The van der Waals surface area contributed by atoms with Gasteiger partial charge in [-0.25, -0.2) is 9.67 Å². The number of aromatic nitrogens is 3. The van der Waals surface area contributed by atoms with Gasteiger partial charge in [0.15, 0.2) is 17.1 Å². The number of nitrogens with one attached hydrogen (secondary N) is 1. The van der Waals surface area contributed by atoms with E-state index in [9.17, 15) is 4.79 Å². The highest BCUT2D eigenvalue weighted by atomic mass is 35.5. The van der Waals surface area contributed by atoms with Crippen LogP contribution in [0.1, 0.15) is 43.1 Å². The number of ether oxygens (including phenoxy) is 2. The van der Waals surface area contributed by atoms with E-state index in [0.717, 1.165) is 27.9 Å². The lowest BCUT2D eigenvalue weighted by Crippen LogP contribution is -2.14. The van der Waals surface area contributed by atoms with Crippen molar-refractivity contribution in [2.45, 2.75) is 46.6 Å². The lowest BCUT2D eigenvalue weighted by molar-refractivity contribution is -0.116. The minimum atomic E-state index is -0.138. The van der Waals surface area contributed by atoms with Crippen LogP contribution in [-0.2, 0) is 11.2 Å². The molecule has 1 aromatic carbocycles. The predicted octanol–water partition coefficient (Wildman–Crippen LogP) is 4.87. The maximum absolute atomic E-state index is 12.6. The van der Waals surface area contributed by atoms with Crippen molar-refractivity contribution in [1.82, 2.24) is 14.8 Å². The maximum atomic E-state index is 12.6. The molecular formula is C22H27ClN4O3. The summed E-state index contributed by atoms with van der Waals surface area (Å²) >= 11 is 6.27. The number of hydrogen-bond donors (Lipinski definition) is 1. The molecule has 3 aromatic rings. The van der Waals surface area contributed by atoms with Gasteiger partial charge in [-0.05, 0) is 45.2 Å². The number of fused-ring (bicyclic) bond motifs is 1. The first kappa shape index (κ1) is 21.9. The first-order valence-corrected chi connectivity index (χ1v) is 10.2. The van der Waals surface area contributed by atoms with Crippen molar-refractivity contribution < 1.29 is 14.3 Å². The van der Waals surface area contributed by atoms with Gasteiger partial charge < -0.3 is 14.8 Å². The second-order valence-electron chi connectivity index (χ2n) is 7.46. The Labute approximate surface area is 181 Å². The summed E-state index contributed by atoms with van der Waals surface area (Å²) in [6.07, 6.45) is 2.73. The fourth-order valence-electron chi connectivity index (χ4n) is 3.54. The molecule has 0 spiro atoms. The van der Waals surface area contributed by atoms with E-state index < -0.39 is 0 Å². The van der Waals surface area contributed by atoms with Crippen LogP contribution in [0.2, 0.25) is 5.02 Å². The monoisotopic (exact) mass is 430 g/mol. The summed E-state index contributed by atoms with van der Waals surface area (Å²) in [5.41, 5.74) is 4.46. The van der Waals surface area contributed by atoms with Crippen LogP contribution in [0.15, 0.2) is 18.3 Å². The Kier molecular flexibility index (Phi) is 6.51. The highest BCUT2D eigenvalue weighted by molar-refractivity contribution is 6.34. The van der Waals surface area contributed by atoms with Crippen LogP contribution in [0, 0.1) is 13.8 Å². The lowest BCUT2D eigenvalue weighted by atomic mass is 10.0. The van der Waals surface area contributed by atoms with E-state index in [4.69, 9.17) is 26.1 Å². The van der Waals surface area contributed by atoms with Crippen LogP contribution in [0.5, 0.6) is 11.5 Å². The van der Waals surface area contributed by atoms with Gasteiger partial charge in [-0.15, -0.1) is 0 Å². The third kappa shape index (κ3) is 4.21. The lowest BCUT2D eigenvalue weighted by Gasteiger charge is -2.14. The molecule has 0 fully saturated rings. The predicted molar refractivity (Wildman–Crippen MR) is 119 cm³/mol. The van der Waals surface area contributed by atoms with Crippen molar-refractivity contribution in [3.05, 3.63) is 40.2 Å². The van der Waals surface area contributed by atoms with Crippen LogP contribution < -0.4 is 14.8 Å². The van der Waals surface area contributed by atoms with Crippen LogP contribution >= 0.6 is 11.6 Å². The average molecular weight is 431 g/mol. The third-order valence-electron chi connectivity index (χ3n) is 5.17. The normalized spacial score (nSPS) is 11.2. The molecule has 0 aliphatic heterocycles. The van der Waals surface area contributed by atoms with E-state index in [1.165, 1.54) is 14.2 Å². The Balaban J connectivity index is 1.77. The number of nitrogens with zero attached hydrogens (tertiary/aromatic N) is 3. The molecular weight excluding hydrogens is 404 g/mol. The Morgan fingerprint density at radius 2 is 1.87 bits per heavy atom. The van der Waals surface area contributed by atoms with Gasteiger partial charge in [0.1, 0.15) is 0 Å². The standard InChI is InChI=1S/C22H27ClN4O3/c1-12(2)27-22-16(11-24-27)13(3)15(14(4)25-22)7-8-21(28)26-18-10-20(30-6)19(29-5)9-17(18)23/h9-12H,7-8H2,1-6H3,(H,26,28). The number of rotatable bonds is 7. The van der Waals surface area contributed by atoms with Gasteiger partial charge in [0.25, 0.3) is 0 Å². The molecule has 2 aromatic heterocycles. The van der Waals surface area contributed by atoms with Gasteiger partial charge in [-0.3, -0.25) is 4.79 Å². The number of amides is 1. The van der Waals surface area contributed by atoms with E-state index in [1.807, 2.05) is 17.8 Å². The van der Waals surface area contributed by atoms with E-state index in [0.29, 0.717) is 35.1 Å². The fourth-order valence-corrected chi connectivity index (χ4v) is 3.74. The number of carbonyl (C=O) groups is 1. The number of carbonyl (C=O) groups excluding carboxylic acids is 1. The summed E-state index contributed by atoms with van der Waals surface area (Å²) in [5, 5.41) is 8.73. The summed E-state index contributed by atoms with van der Waals surface area (Å²) < 4.78 is 12.4. The molecule has 0 saturated heterocycles. The zero-order chi connectivity index (χ0) is 22.0. The second kappa shape index (κ2) is 8.92. The van der Waals surface area contributed by atoms with Gasteiger partial charge in [-0.2, -0.15) is 5.10 Å². The first-order valence-electron chi connectivity index (χ1n) is 9.81. The van der Waals surface area contributed by atoms with Crippen LogP contribution in [0.3, 0.4) is 0 Å². The summed E-state index contributed by atoms with van der Waals surface area (Å²) in [5.74, 6) is 0.870. The summed E-state index contributed by atoms with van der Waals surface area (Å²) in [6, 6.07) is 3.51. The maximum Gasteiger partial charge on any atom is 0.224 e. The van der Waals surface area contributed by atoms with E-state index in [-0.39, 0.29) is 11.9 Å². The van der Waals surface area contributed by atoms with Gasteiger partial charge >= 0.3 is 0 Å². The molecule has 3 rings (SSSR count). The SMILES string of the molecule is COc1cc(Cl)c(NC(=O)CCc2c(C)nc3c(cnn3C(C)C)c2C)cc1OC. The Morgan fingerprint density at radius 1 is 1.20 bits per heavy atom. The number of anilines is 1. The van der Waals surface area contributed by atoms with Crippen molar-refractivity contribution in [2.75, 3.05) is 19.5 Å². The van der Waals surface area contributed by atoms with Crippen molar-refractivity contribution in [3.8, 4) is 11.5 Å². The Morgan fingerprint density at radius 3 is 2.50 bits per heavy atom. The molecule has 7 nitrogen and oxygen atoms in total. The van der Waals surface area contributed by atoms with Crippen molar-refractivity contribution in [2.24, 2.45) is 0 Å². The van der Waals surface area contributed by atoms with E-state index >= 15 is 0 Å². The first-order chi connectivity index (χ1) is 14.3. The molecule has 2 heterocycles. The minimum absolute atomic E-state index is 0.138. The fraction of sp³-hybridized carbons (Fsp3) is 0.409. The molecule has 0 aliphatic rings. The largest absolute Gasteiger partial charge is 0.493 e. The van der Waals surface area contributed by atoms with E-state index in [2.05, 4.69) is 31.2 Å². The van der Waals surface area contributed by atoms with Crippen molar-refractivity contribution >= 4 is 34.2 Å². The van der Waals surface area contributed by atoms with E-state index in [1.54, 1.807) is 12.1 Å². The molecule has 1 N–H and O–H groups in total. The quantitative estimate of drug-likeness (QED) is 0.578. The van der Waals surface area contributed by atoms with Crippen LogP contribution in [0.4, 0.5) is 5.69 Å². The Hall–Kier alpha value is -2.80. The number of halogens is 1. The van der Waals surface area contributed by atoms with Crippen molar-refractivity contribution in [3.63, 3.8) is 0 Å². The molecule has 8 heteroatoms. The number of pyridine rings is 1. The highest BCUT2D eigenvalue weighted by Gasteiger charge is 2.17. The smallest absolute Gasteiger partial charge is 0.224 e. The molecule has 0 atom stereocenters. The molecule has 0 bridgehead atoms. The highest BCUT2D eigenvalue weighted by Crippen LogP contribution is 2.36. The molecule has 0 saturated carbocycles. The molecule has 160 valence electrons. The van der Waals surface area contributed by atoms with Crippen LogP contribution in [-0.4, -0.2) is 34.9 Å². The van der Waals surface area contributed by atoms with Gasteiger partial charge in [0.2, 0.25) is 5.91 Å². The molecule has 30 heavy (non-hydrogen) atoms. The summed E-state index contributed by atoms with van der Waals surface area (Å²) in [4.78, 5) is 17.3. The summed E-state index contributed by atoms with van der Waals surface area (Å²) in [6.45, 7) is 8.19. The minimum Gasteiger partial charge on any atom is -0.493 e. The zero-order valence-electron chi connectivity index (χ0n) is 18.2. The van der Waals surface area contributed by atoms with Crippen molar-refractivity contribution in [1.29, 1.82) is 0 Å². The van der Waals surface area contributed by atoms with Crippen LogP contribution in [0.25, 0.3) is 11.0 Å². The molecule has 0 unspecified atom stereocenters. The zero-order valence-corrected chi connectivity index (χ0v) is 18.9. The molecule has 0 aliphatic carbocycles. The molecule has 0 radical (unpaired) electrons. The van der Waals surface area contributed by atoms with Gasteiger partial charge in [-0.1, -0.05) is 11.6 Å². The number of aryl methyl sites for hydroxylation is 2. The molecule has 1 amide bonds. The van der Waals surface area contributed by atoms with Gasteiger partial charge in [0, 0.05) is 35.7 Å². The Bertz CT molecular complexity index is 1090. The average Bonchev–Trinajstić information content (AvgIpc) is 3.13.